The number of nitrogens with one attached hydrogen (secondary N) is 1. The van der Waals surface area contributed by atoms with Crippen molar-refractivity contribution in [3.63, 3.8) is 0 Å². The van der Waals surface area contributed by atoms with Crippen LogP contribution in [0.1, 0.15) is 24.2 Å². The number of pyridine rings is 1. The molecule has 2 aromatic rings. The van der Waals surface area contributed by atoms with Gasteiger partial charge in [-0.3, -0.25) is 4.98 Å². The molecule has 0 aliphatic heterocycles. The SMILES string of the molecule is CC(NCCc1ccncc1)c1cscn1. The Hall–Kier alpha value is -1.26. The zero-order chi connectivity index (χ0) is 11.2. The van der Waals surface area contributed by atoms with E-state index in [-0.39, 0.29) is 0 Å². The first-order valence-corrected chi connectivity index (χ1v) is 6.31. The van der Waals surface area contributed by atoms with Crippen LogP contribution >= 0.6 is 11.3 Å². The second-order valence-corrected chi connectivity index (χ2v) is 4.41. The molecule has 2 rings (SSSR count). The second kappa shape index (κ2) is 5.72. The quantitative estimate of drug-likeness (QED) is 0.862. The number of hydrogen-bond donors (Lipinski definition) is 1. The highest BCUT2D eigenvalue weighted by atomic mass is 32.1. The van der Waals surface area contributed by atoms with Crippen molar-refractivity contribution in [3.8, 4) is 0 Å². The van der Waals surface area contributed by atoms with Crippen molar-refractivity contribution in [2.75, 3.05) is 6.54 Å². The van der Waals surface area contributed by atoms with Crippen molar-refractivity contribution >= 4 is 11.3 Å². The summed E-state index contributed by atoms with van der Waals surface area (Å²) in [5.41, 5.74) is 4.31. The van der Waals surface area contributed by atoms with Gasteiger partial charge in [0.15, 0.2) is 0 Å². The van der Waals surface area contributed by atoms with Crippen molar-refractivity contribution in [2.24, 2.45) is 0 Å². The fourth-order valence-corrected chi connectivity index (χ4v) is 2.17. The predicted octanol–water partition coefficient (Wildman–Crippen LogP) is 2.43. The summed E-state index contributed by atoms with van der Waals surface area (Å²) in [7, 11) is 0. The number of hydrogen-bond acceptors (Lipinski definition) is 4. The molecule has 3 nitrogen and oxygen atoms in total. The number of nitrogens with zero attached hydrogens (tertiary/aromatic N) is 2. The zero-order valence-electron chi connectivity index (χ0n) is 9.26. The summed E-state index contributed by atoms with van der Waals surface area (Å²) in [6.07, 6.45) is 4.69. The molecule has 0 aromatic carbocycles. The van der Waals surface area contributed by atoms with Crippen LogP contribution in [0.3, 0.4) is 0 Å². The molecule has 2 aromatic heterocycles. The monoisotopic (exact) mass is 233 g/mol. The first kappa shape index (κ1) is 11.2. The van der Waals surface area contributed by atoms with E-state index in [0.717, 1.165) is 18.7 Å². The molecule has 1 atom stereocenters. The Morgan fingerprint density at radius 1 is 1.38 bits per heavy atom. The highest BCUT2D eigenvalue weighted by Crippen LogP contribution is 2.11. The molecule has 4 heteroatoms. The summed E-state index contributed by atoms with van der Waals surface area (Å²) in [5, 5.41) is 5.54. The molecule has 2 heterocycles. The predicted molar refractivity (Wildman–Crippen MR) is 66.5 cm³/mol. The Balaban J connectivity index is 1.76. The molecule has 1 N–H and O–H groups in total. The molecule has 0 fully saturated rings. The van der Waals surface area contributed by atoms with Gasteiger partial charge in [-0.1, -0.05) is 0 Å². The van der Waals surface area contributed by atoms with Gasteiger partial charge in [0, 0.05) is 23.8 Å². The van der Waals surface area contributed by atoms with E-state index >= 15 is 0 Å². The first-order valence-electron chi connectivity index (χ1n) is 5.36. The maximum Gasteiger partial charge on any atom is 0.0795 e. The fourth-order valence-electron chi connectivity index (χ4n) is 1.52. The average molecular weight is 233 g/mol. The Bertz CT molecular complexity index is 399. The summed E-state index contributed by atoms with van der Waals surface area (Å²) >= 11 is 1.64. The molecular formula is C12H15N3S. The molecule has 0 bridgehead atoms. The van der Waals surface area contributed by atoms with E-state index in [1.54, 1.807) is 11.3 Å². The van der Waals surface area contributed by atoms with Gasteiger partial charge < -0.3 is 5.32 Å². The third-order valence-corrected chi connectivity index (χ3v) is 3.11. The van der Waals surface area contributed by atoms with Crippen LogP contribution in [-0.4, -0.2) is 16.5 Å². The number of aromatic nitrogens is 2. The maximum atomic E-state index is 4.29. The molecule has 0 saturated carbocycles. The normalized spacial score (nSPS) is 12.6. The molecule has 0 spiro atoms. The molecule has 1 unspecified atom stereocenters. The van der Waals surface area contributed by atoms with Crippen molar-refractivity contribution in [1.29, 1.82) is 0 Å². The van der Waals surface area contributed by atoms with Crippen molar-refractivity contribution in [3.05, 3.63) is 46.7 Å². The van der Waals surface area contributed by atoms with Gasteiger partial charge in [-0.25, -0.2) is 4.98 Å². The lowest BCUT2D eigenvalue weighted by Gasteiger charge is -2.11. The van der Waals surface area contributed by atoms with Gasteiger partial charge in [-0.2, -0.15) is 0 Å². The van der Waals surface area contributed by atoms with Crippen LogP contribution in [0.2, 0.25) is 0 Å². The minimum absolute atomic E-state index is 0.327. The summed E-state index contributed by atoms with van der Waals surface area (Å²) < 4.78 is 0. The Morgan fingerprint density at radius 3 is 2.88 bits per heavy atom. The zero-order valence-corrected chi connectivity index (χ0v) is 10.1. The van der Waals surface area contributed by atoms with Gasteiger partial charge in [0.05, 0.1) is 11.2 Å². The molecule has 0 saturated heterocycles. The molecule has 0 aliphatic carbocycles. The number of rotatable bonds is 5. The Kier molecular flexibility index (Phi) is 4.02. The minimum Gasteiger partial charge on any atom is -0.308 e. The summed E-state index contributed by atoms with van der Waals surface area (Å²) in [4.78, 5) is 8.29. The lowest BCUT2D eigenvalue weighted by Crippen LogP contribution is -2.21. The summed E-state index contributed by atoms with van der Waals surface area (Å²) in [5.74, 6) is 0. The average Bonchev–Trinajstić information content (AvgIpc) is 2.84. The Labute approximate surface area is 99.6 Å². The van der Waals surface area contributed by atoms with Gasteiger partial charge in [0.25, 0.3) is 0 Å². The Morgan fingerprint density at radius 2 is 2.19 bits per heavy atom. The highest BCUT2D eigenvalue weighted by molar-refractivity contribution is 7.07. The van der Waals surface area contributed by atoms with E-state index in [4.69, 9.17) is 0 Å². The molecule has 0 aliphatic rings. The van der Waals surface area contributed by atoms with E-state index in [9.17, 15) is 0 Å². The third kappa shape index (κ3) is 3.12. The standard InChI is InChI=1S/C12H15N3S/c1-10(12-8-16-9-15-12)14-7-4-11-2-5-13-6-3-11/h2-3,5-6,8-10,14H,4,7H2,1H3. The van der Waals surface area contributed by atoms with Crippen molar-refractivity contribution in [2.45, 2.75) is 19.4 Å². The third-order valence-electron chi connectivity index (χ3n) is 2.51. The van der Waals surface area contributed by atoms with Crippen LogP contribution in [0.5, 0.6) is 0 Å². The van der Waals surface area contributed by atoms with Gasteiger partial charge in [-0.15, -0.1) is 11.3 Å². The fraction of sp³-hybridized carbons (Fsp3) is 0.333. The lowest BCUT2D eigenvalue weighted by molar-refractivity contribution is 0.566. The van der Waals surface area contributed by atoms with E-state index in [2.05, 4.69) is 39.7 Å². The molecule has 84 valence electrons. The topological polar surface area (TPSA) is 37.8 Å². The lowest BCUT2D eigenvalue weighted by atomic mass is 10.2. The van der Waals surface area contributed by atoms with Crippen LogP contribution in [0, 0.1) is 0 Å². The molecule has 0 radical (unpaired) electrons. The van der Waals surface area contributed by atoms with Gasteiger partial charge >= 0.3 is 0 Å². The minimum atomic E-state index is 0.327. The van der Waals surface area contributed by atoms with Crippen LogP contribution in [0.25, 0.3) is 0 Å². The highest BCUT2D eigenvalue weighted by Gasteiger charge is 2.05. The summed E-state index contributed by atoms with van der Waals surface area (Å²) in [6.45, 7) is 3.10. The largest absolute Gasteiger partial charge is 0.308 e. The smallest absolute Gasteiger partial charge is 0.0795 e. The van der Waals surface area contributed by atoms with Crippen molar-refractivity contribution < 1.29 is 0 Å². The van der Waals surface area contributed by atoms with Gasteiger partial charge in [0.2, 0.25) is 0 Å². The second-order valence-electron chi connectivity index (χ2n) is 3.69. The van der Waals surface area contributed by atoms with Crippen molar-refractivity contribution in [1.82, 2.24) is 15.3 Å². The molecule has 0 amide bonds. The van der Waals surface area contributed by atoms with E-state index < -0.39 is 0 Å². The van der Waals surface area contributed by atoms with Gasteiger partial charge in [-0.05, 0) is 37.6 Å². The van der Waals surface area contributed by atoms with Crippen LogP contribution in [-0.2, 0) is 6.42 Å². The molecular weight excluding hydrogens is 218 g/mol. The van der Waals surface area contributed by atoms with Gasteiger partial charge in [0.1, 0.15) is 0 Å². The van der Waals surface area contributed by atoms with E-state index in [1.807, 2.05) is 17.9 Å². The van der Waals surface area contributed by atoms with Crippen LogP contribution in [0.4, 0.5) is 0 Å². The maximum absolute atomic E-state index is 4.29. The molecule has 16 heavy (non-hydrogen) atoms. The summed E-state index contributed by atoms with van der Waals surface area (Å²) in [6, 6.07) is 4.43. The van der Waals surface area contributed by atoms with E-state index in [1.165, 1.54) is 5.56 Å². The number of thiazole rings is 1. The van der Waals surface area contributed by atoms with E-state index in [0.29, 0.717) is 6.04 Å². The van der Waals surface area contributed by atoms with Crippen LogP contribution in [0.15, 0.2) is 35.4 Å². The first-order chi connectivity index (χ1) is 7.86. The van der Waals surface area contributed by atoms with Crippen LogP contribution < -0.4 is 5.32 Å².